The molecule has 1 saturated carbocycles. The van der Waals surface area contributed by atoms with Crippen LogP contribution in [0.5, 0.6) is 0 Å². The van der Waals surface area contributed by atoms with E-state index >= 15 is 0 Å². The molecule has 0 aliphatic heterocycles. The van der Waals surface area contributed by atoms with E-state index < -0.39 is 0 Å². The topological polar surface area (TPSA) is 0 Å². The van der Waals surface area contributed by atoms with Crippen molar-refractivity contribution in [3.05, 3.63) is 0 Å². The molecule has 1 rings (SSSR count). The molecule has 0 aromatic heterocycles. The standard InChI is InChI=1S/C11H22/c1-5-10-6-9(4)7-11(10)8(2)3/h8-11H,5-7H2,1-4H3. The van der Waals surface area contributed by atoms with Crippen LogP contribution in [0, 0.1) is 23.7 Å². The van der Waals surface area contributed by atoms with Gasteiger partial charge in [0, 0.05) is 0 Å². The molecule has 0 aromatic carbocycles. The lowest BCUT2D eigenvalue weighted by Gasteiger charge is -2.21. The van der Waals surface area contributed by atoms with E-state index in [1.165, 1.54) is 19.3 Å². The van der Waals surface area contributed by atoms with Crippen LogP contribution in [-0.2, 0) is 0 Å². The molecule has 1 aliphatic carbocycles. The van der Waals surface area contributed by atoms with Gasteiger partial charge < -0.3 is 0 Å². The lowest BCUT2D eigenvalue weighted by atomic mass is 9.85. The fourth-order valence-electron chi connectivity index (χ4n) is 2.73. The van der Waals surface area contributed by atoms with Gasteiger partial charge in [-0.05, 0) is 36.5 Å². The Morgan fingerprint density at radius 2 is 1.91 bits per heavy atom. The van der Waals surface area contributed by atoms with E-state index in [1.807, 2.05) is 0 Å². The third-order valence-corrected chi connectivity index (χ3v) is 3.37. The minimum absolute atomic E-state index is 0.907. The smallest absolute Gasteiger partial charge is 0.0360 e. The van der Waals surface area contributed by atoms with Crippen LogP contribution in [0.1, 0.15) is 47.0 Å². The van der Waals surface area contributed by atoms with Gasteiger partial charge in [0.1, 0.15) is 0 Å². The zero-order valence-electron chi connectivity index (χ0n) is 8.43. The van der Waals surface area contributed by atoms with E-state index in [0.717, 1.165) is 23.7 Å². The van der Waals surface area contributed by atoms with E-state index in [2.05, 4.69) is 27.7 Å². The molecular formula is C11H22. The predicted octanol–water partition coefficient (Wildman–Crippen LogP) is 3.71. The van der Waals surface area contributed by atoms with Crippen molar-refractivity contribution in [3.63, 3.8) is 0 Å². The Labute approximate surface area is 71.4 Å². The zero-order valence-corrected chi connectivity index (χ0v) is 8.43. The number of hydrogen-bond donors (Lipinski definition) is 0. The van der Waals surface area contributed by atoms with Crippen LogP contribution < -0.4 is 0 Å². The molecule has 1 fully saturated rings. The van der Waals surface area contributed by atoms with E-state index in [-0.39, 0.29) is 0 Å². The minimum atomic E-state index is 0.907. The Balaban J connectivity index is 2.50. The molecule has 1 aliphatic rings. The highest BCUT2D eigenvalue weighted by Crippen LogP contribution is 2.41. The van der Waals surface area contributed by atoms with Crippen molar-refractivity contribution in [3.8, 4) is 0 Å². The highest BCUT2D eigenvalue weighted by molar-refractivity contribution is 4.82. The largest absolute Gasteiger partial charge is 0.0651 e. The molecule has 0 amide bonds. The summed E-state index contributed by atoms with van der Waals surface area (Å²) in [6.07, 6.45) is 4.36. The quantitative estimate of drug-likeness (QED) is 0.568. The maximum atomic E-state index is 2.41. The van der Waals surface area contributed by atoms with Gasteiger partial charge in [0.25, 0.3) is 0 Å². The molecule has 0 nitrogen and oxygen atoms in total. The first-order chi connectivity index (χ1) is 5.15. The Hall–Kier alpha value is 0. The number of hydrogen-bond acceptors (Lipinski definition) is 0. The molecule has 0 heteroatoms. The molecule has 11 heavy (non-hydrogen) atoms. The summed E-state index contributed by atoms with van der Waals surface area (Å²) >= 11 is 0. The summed E-state index contributed by atoms with van der Waals surface area (Å²) in [6, 6.07) is 0. The van der Waals surface area contributed by atoms with E-state index in [9.17, 15) is 0 Å². The van der Waals surface area contributed by atoms with Crippen LogP contribution >= 0.6 is 0 Å². The molecule has 0 spiro atoms. The summed E-state index contributed by atoms with van der Waals surface area (Å²) < 4.78 is 0. The summed E-state index contributed by atoms with van der Waals surface area (Å²) in [5.41, 5.74) is 0. The Kier molecular flexibility index (Phi) is 2.98. The maximum absolute atomic E-state index is 2.41. The van der Waals surface area contributed by atoms with Gasteiger partial charge in [-0.1, -0.05) is 34.1 Å². The van der Waals surface area contributed by atoms with Gasteiger partial charge in [-0.2, -0.15) is 0 Å². The first-order valence-corrected chi connectivity index (χ1v) is 5.15. The average molecular weight is 154 g/mol. The van der Waals surface area contributed by atoms with Crippen molar-refractivity contribution in [2.75, 3.05) is 0 Å². The van der Waals surface area contributed by atoms with Crippen molar-refractivity contribution >= 4 is 0 Å². The van der Waals surface area contributed by atoms with Crippen LogP contribution in [0.4, 0.5) is 0 Å². The van der Waals surface area contributed by atoms with Crippen LogP contribution in [0.25, 0.3) is 0 Å². The summed E-state index contributed by atoms with van der Waals surface area (Å²) in [4.78, 5) is 0. The molecular weight excluding hydrogens is 132 g/mol. The van der Waals surface area contributed by atoms with Crippen LogP contribution in [0.3, 0.4) is 0 Å². The molecule has 3 atom stereocenters. The summed E-state index contributed by atoms with van der Waals surface area (Å²) in [5.74, 6) is 3.96. The molecule has 0 saturated heterocycles. The number of rotatable bonds is 2. The highest BCUT2D eigenvalue weighted by atomic mass is 14.4. The fraction of sp³-hybridized carbons (Fsp3) is 1.00. The minimum Gasteiger partial charge on any atom is -0.0651 e. The van der Waals surface area contributed by atoms with Crippen LogP contribution in [0.2, 0.25) is 0 Å². The monoisotopic (exact) mass is 154 g/mol. The predicted molar refractivity (Wildman–Crippen MR) is 50.5 cm³/mol. The molecule has 0 N–H and O–H groups in total. The second-order valence-corrected chi connectivity index (χ2v) is 4.65. The zero-order chi connectivity index (χ0) is 8.43. The molecule has 3 unspecified atom stereocenters. The molecule has 0 radical (unpaired) electrons. The second kappa shape index (κ2) is 3.60. The van der Waals surface area contributed by atoms with Gasteiger partial charge in [-0.15, -0.1) is 0 Å². The Bertz CT molecular complexity index is 115. The summed E-state index contributed by atoms with van der Waals surface area (Å²) in [5, 5.41) is 0. The Morgan fingerprint density at radius 1 is 1.27 bits per heavy atom. The second-order valence-electron chi connectivity index (χ2n) is 4.65. The van der Waals surface area contributed by atoms with E-state index in [0.29, 0.717) is 0 Å². The van der Waals surface area contributed by atoms with Gasteiger partial charge in [0.2, 0.25) is 0 Å². The fourth-order valence-corrected chi connectivity index (χ4v) is 2.73. The molecule has 0 bridgehead atoms. The van der Waals surface area contributed by atoms with Gasteiger partial charge in [0.05, 0.1) is 0 Å². The first-order valence-electron chi connectivity index (χ1n) is 5.15. The lowest BCUT2D eigenvalue weighted by Crippen LogP contribution is -2.12. The molecule has 0 heterocycles. The average Bonchev–Trinajstić information content (AvgIpc) is 2.30. The van der Waals surface area contributed by atoms with Crippen molar-refractivity contribution in [2.45, 2.75) is 47.0 Å². The van der Waals surface area contributed by atoms with Gasteiger partial charge in [0.15, 0.2) is 0 Å². The Morgan fingerprint density at radius 3 is 2.27 bits per heavy atom. The third kappa shape index (κ3) is 1.98. The van der Waals surface area contributed by atoms with Crippen LogP contribution in [-0.4, -0.2) is 0 Å². The molecule has 0 aromatic rings. The summed E-state index contributed by atoms with van der Waals surface area (Å²) in [6.45, 7) is 9.51. The van der Waals surface area contributed by atoms with Gasteiger partial charge in [-0.25, -0.2) is 0 Å². The maximum Gasteiger partial charge on any atom is -0.0360 e. The van der Waals surface area contributed by atoms with E-state index in [4.69, 9.17) is 0 Å². The normalized spacial score (nSPS) is 38.5. The molecule has 66 valence electrons. The van der Waals surface area contributed by atoms with Crippen molar-refractivity contribution in [1.82, 2.24) is 0 Å². The van der Waals surface area contributed by atoms with Gasteiger partial charge >= 0.3 is 0 Å². The lowest BCUT2D eigenvalue weighted by molar-refractivity contribution is 0.288. The summed E-state index contributed by atoms with van der Waals surface area (Å²) in [7, 11) is 0. The van der Waals surface area contributed by atoms with Crippen LogP contribution in [0.15, 0.2) is 0 Å². The van der Waals surface area contributed by atoms with Crippen molar-refractivity contribution in [2.24, 2.45) is 23.7 Å². The van der Waals surface area contributed by atoms with Gasteiger partial charge in [-0.3, -0.25) is 0 Å². The highest BCUT2D eigenvalue weighted by Gasteiger charge is 2.32. The SMILES string of the molecule is CCC1CC(C)CC1C(C)C. The van der Waals surface area contributed by atoms with Crippen molar-refractivity contribution in [1.29, 1.82) is 0 Å². The van der Waals surface area contributed by atoms with E-state index in [1.54, 1.807) is 0 Å². The first kappa shape index (κ1) is 9.09. The van der Waals surface area contributed by atoms with Crippen molar-refractivity contribution < 1.29 is 0 Å². The third-order valence-electron chi connectivity index (χ3n) is 3.37.